The van der Waals surface area contributed by atoms with Gasteiger partial charge in [-0.05, 0) is 29.8 Å². The van der Waals surface area contributed by atoms with Crippen LogP contribution in [0.4, 0.5) is 5.69 Å². The van der Waals surface area contributed by atoms with Crippen LogP contribution < -0.4 is 29.6 Å². The SMILES string of the molecule is COc1ccc(C(O)CNC(=O)C(=O)Nc2ccc3c(c2)OCO3)cc1OC. The highest BCUT2D eigenvalue weighted by atomic mass is 16.7. The van der Waals surface area contributed by atoms with Crippen LogP contribution >= 0.6 is 0 Å². The first-order valence-corrected chi connectivity index (χ1v) is 8.40. The number of rotatable bonds is 6. The highest BCUT2D eigenvalue weighted by molar-refractivity contribution is 6.39. The second-order valence-electron chi connectivity index (χ2n) is 5.86. The van der Waals surface area contributed by atoms with Crippen LogP contribution in [0.15, 0.2) is 36.4 Å². The van der Waals surface area contributed by atoms with Gasteiger partial charge in [-0.1, -0.05) is 6.07 Å². The molecule has 9 nitrogen and oxygen atoms in total. The van der Waals surface area contributed by atoms with Gasteiger partial charge >= 0.3 is 11.8 Å². The molecular weight excluding hydrogens is 368 g/mol. The van der Waals surface area contributed by atoms with E-state index in [1.54, 1.807) is 36.4 Å². The molecule has 1 aliphatic heterocycles. The summed E-state index contributed by atoms with van der Waals surface area (Å²) in [4.78, 5) is 24.0. The summed E-state index contributed by atoms with van der Waals surface area (Å²) in [5.41, 5.74) is 0.902. The van der Waals surface area contributed by atoms with E-state index in [1.807, 2.05) is 0 Å². The Kier molecular flexibility index (Phi) is 5.85. The summed E-state index contributed by atoms with van der Waals surface area (Å²) in [5.74, 6) is 0.287. The highest BCUT2D eigenvalue weighted by Crippen LogP contribution is 2.34. The largest absolute Gasteiger partial charge is 0.493 e. The maximum Gasteiger partial charge on any atom is 0.313 e. The van der Waals surface area contributed by atoms with Gasteiger partial charge in [0.25, 0.3) is 0 Å². The minimum atomic E-state index is -1.03. The molecule has 3 N–H and O–H groups in total. The van der Waals surface area contributed by atoms with Crippen molar-refractivity contribution in [1.29, 1.82) is 0 Å². The van der Waals surface area contributed by atoms with Gasteiger partial charge < -0.3 is 34.7 Å². The molecule has 0 aromatic heterocycles. The molecule has 0 spiro atoms. The van der Waals surface area contributed by atoms with Crippen LogP contribution in [-0.2, 0) is 9.59 Å². The zero-order chi connectivity index (χ0) is 20.1. The molecule has 9 heteroatoms. The number of fused-ring (bicyclic) bond motifs is 1. The van der Waals surface area contributed by atoms with E-state index in [2.05, 4.69) is 10.6 Å². The quantitative estimate of drug-likeness (QED) is 0.637. The first kappa shape index (κ1) is 19.3. The summed E-state index contributed by atoms with van der Waals surface area (Å²) < 4.78 is 20.7. The number of methoxy groups -OCH3 is 2. The van der Waals surface area contributed by atoms with E-state index in [0.717, 1.165) is 0 Å². The third kappa shape index (κ3) is 4.26. The monoisotopic (exact) mass is 388 g/mol. The lowest BCUT2D eigenvalue weighted by Gasteiger charge is -2.15. The molecule has 3 rings (SSSR count). The van der Waals surface area contributed by atoms with Crippen LogP contribution in [0.3, 0.4) is 0 Å². The number of aliphatic hydroxyl groups is 1. The number of amides is 2. The van der Waals surface area contributed by atoms with E-state index in [4.69, 9.17) is 18.9 Å². The molecule has 2 aromatic carbocycles. The number of aliphatic hydroxyl groups excluding tert-OH is 1. The lowest BCUT2D eigenvalue weighted by atomic mass is 10.1. The summed E-state index contributed by atoms with van der Waals surface area (Å²) in [6.45, 7) is -0.0376. The van der Waals surface area contributed by atoms with E-state index < -0.39 is 17.9 Å². The molecule has 1 atom stereocenters. The summed E-state index contributed by atoms with van der Waals surface area (Å²) in [7, 11) is 2.99. The van der Waals surface area contributed by atoms with Gasteiger partial charge in [0.15, 0.2) is 23.0 Å². The average molecular weight is 388 g/mol. The fraction of sp³-hybridized carbons (Fsp3) is 0.263. The van der Waals surface area contributed by atoms with Crippen LogP contribution in [0.25, 0.3) is 0 Å². The summed E-state index contributed by atoms with van der Waals surface area (Å²) in [6.07, 6.45) is -1.03. The van der Waals surface area contributed by atoms with Gasteiger partial charge in [0.1, 0.15) is 0 Å². The van der Waals surface area contributed by atoms with Crippen molar-refractivity contribution in [3.05, 3.63) is 42.0 Å². The molecule has 0 fully saturated rings. The van der Waals surface area contributed by atoms with E-state index in [9.17, 15) is 14.7 Å². The molecule has 0 aliphatic carbocycles. The molecule has 0 radical (unpaired) electrons. The van der Waals surface area contributed by atoms with Crippen molar-refractivity contribution in [2.75, 3.05) is 32.9 Å². The molecule has 2 aromatic rings. The minimum Gasteiger partial charge on any atom is -0.493 e. The maximum atomic E-state index is 12.0. The van der Waals surface area contributed by atoms with Crippen molar-refractivity contribution in [3.63, 3.8) is 0 Å². The van der Waals surface area contributed by atoms with Crippen molar-refractivity contribution < 1.29 is 33.6 Å². The Morgan fingerprint density at radius 1 is 1.04 bits per heavy atom. The number of ether oxygens (including phenoxy) is 4. The number of benzene rings is 2. The summed E-state index contributed by atoms with van der Waals surface area (Å²) in [5, 5.41) is 15.1. The van der Waals surface area contributed by atoms with Gasteiger partial charge in [-0.25, -0.2) is 0 Å². The first-order chi connectivity index (χ1) is 13.5. The molecular formula is C19H20N2O7. The topological polar surface area (TPSA) is 115 Å². The second kappa shape index (κ2) is 8.49. The summed E-state index contributed by atoms with van der Waals surface area (Å²) in [6, 6.07) is 9.68. The number of anilines is 1. The molecule has 1 heterocycles. The lowest BCUT2D eigenvalue weighted by molar-refractivity contribution is -0.136. The van der Waals surface area contributed by atoms with Crippen molar-refractivity contribution in [2.24, 2.45) is 0 Å². The van der Waals surface area contributed by atoms with Crippen LogP contribution in [0.1, 0.15) is 11.7 Å². The number of hydrogen-bond donors (Lipinski definition) is 3. The predicted molar refractivity (Wildman–Crippen MR) is 98.7 cm³/mol. The van der Waals surface area contributed by atoms with Gasteiger partial charge in [-0.15, -0.1) is 0 Å². The Morgan fingerprint density at radius 3 is 2.54 bits per heavy atom. The second-order valence-corrected chi connectivity index (χ2v) is 5.86. The third-order valence-corrected chi connectivity index (χ3v) is 4.09. The number of carbonyl (C=O) groups is 2. The van der Waals surface area contributed by atoms with Crippen LogP contribution in [-0.4, -0.2) is 44.5 Å². The maximum absolute atomic E-state index is 12.0. The normalized spacial score (nSPS) is 12.8. The Balaban J connectivity index is 1.55. The molecule has 1 unspecified atom stereocenters. The fourth-order valence-electron chi connectivity index (χ4n) is 2.61. The van der Waals surface area contributed by atoms with Gasteiger partial charge in [-0.3, -0.25) is 9.59 Å². The predicted octanol–water partition coefficient (Wildman–Crippen LogP) is 1.22. The molecule has 2 amide bonds. The molecule has 0 saturated heterocycles. The van der Waals surface area contributed by atoms with Gasteiger partial charge in [0, 0.05) is 18.3 Å². The number of hydrogen-bond acceptors (Lipinski definition) is 7. The smallest absolute Gasteiger partial charge is 0.313 e. The Labute approximate surface area is 161 Å². The Morgan fingerprint density at radius 2 is 1.79 bits per heavy atom. The van der Waals surface area contributed by atoms with Gasteiger partial charge in [0.05, 0.1) is 20.3 Å². The first-order valence-electron chi connectivity index (χ1n) is 8.40. The summed E-state index contributed by atoms with van der Waals surface area (Å²) >= 11 is 0. The molecule has 1 aliphatic rings. The molecule has 0 bridgehead atoms. The van der Waals surface area contributed by atoms with Crippen LogP contribution in [0.2, 0.25) is 0 Å². The zero-order valence-electron chi connectivity index (χ0n) is 15.4. The molecule has 0 saturated carbocycles. The van der Waals surface area contributed by atoms with Crippen LogP contribution in [0, 0.1) is 0 Å². The fourth-order valence-corrected chi connectivity index (χ4v) is 2.61. The van der Waals surface area contributed by atoms with Crippen molar-refractivity contribution in [2.45, 2.75) is 6.10 Å². The molecule has 28 heavy (non-hydrogen) atoms. The van der Waals surface area contributed by atoms with Crippen molar-refractivity contribution in [3.8, 4) is 23.0 Å². The Hall–Kier alpha value is -3.46. The molecule has 148 valence electrons. The highest BCUT2D eigenvalue weighted by Gasteiger charge is 2.19. The number of nitrogens with one attached hydrogen (secondary N) is 2. The standard InChI is InChI=1S/C19H20N2O7/c1-25-14-5-3-11(7-16(14)26-2)13(22)9-20-18(23)19(24)21-12-4-6-15-17(8-12)28-10-27-15/h3-8,13,22H,9-10H2,1-2H3,(H,20,23)(H,21,24). The van der Waals surface area contributed by atoms with Gasteiger partial charge in [0.2, 0.25) is 6.79 Å². The van der Waals surface area contributed by atoms with E-state index in [-0.39, 0.29) is 13.3 Å². The van der Waals surface area contributed by atoms with Gasteiger partial charge in [-0.2, -0.15) is 0 Å². The van der Waals surface area contributed by atoms with E-state index in [1.165, 1.54) is 14.2 Å². The minimum absolute atomic E-state index is 0.112. The van der Waals surface area contributed by atoms with Crippen molar-refractivity contribution >= 4 is 17.5 Å². The average Bonchev–Trinajstić information content (AvgIpc) is 3.18. The van der Waals surface area contributed by atoms with E-state index >= 15 is 0 Å². The third-order valence-electron chi connectivity index (χ3n) is 4.09. The van der Waals surface area contributed by atoms with E-state index in [0.29, 0.717) is 34.2 Å². The van der Waals surface area contributed by atoms with Crippen LogP contribution in [0.5, 0.6) is 23.0 Å². The lowest BCUT2D eigenvalue weighted by Crippen LogP contribution is -2.37. The number of carbonyl (C=O) groups excluding carboxylic acids is 2. The Bertz CT molecular complexity index is 885. The zero-order valence-corrected chi connectivity index (χ0v) is 15.4. The van der Waals surface area contributed by atoms with Crippen molar-refractivity contribution in [1.82, 2.24) is 5.32 Å².